The maximum atomic E-state index is 10.6. The van der Waals surface area contributed by atoms with E-state index in [1.807, 2.05) is 12.1 Å². The smallest absolute Gasteiger partial charge is 0.269 e. The van der Waals surface area contributed by atoms with Crippen molar-refractivity contribution in [1.29, 1.82) is 0 Å². The van der Waals surface area contributed by atoms with Crippen molar-refractivity contribution in [2.75, 3.05) is 0 Å². The predicted octanol–water partition coefficient (Wildman–Crippen LogP) is 4.65. The third-order valence-corrected chi connectivity index (χ3v) is 3.83. The fourth-order valence-electron chi connectivity index (χ4n) is 1.96. The molecule has 6 heteroatoms. The van der Waals surface area contributed by atoms with Crippen molar-refractivity contribution < 1.29 is 10.0 Å². The molecule has 110 valence electrons. The Labute approximate surface area is 132 Å². The number of benzene rings is 2. The van der Waals surface area contributed by atoms with Gasteiger partial charge in [0.2, 0.25) is 0 Å². The van der Waals surface area contributed by atoms with Gasteiger partial charge in [0, 0.05) is 17.2 Å². The lowest BCUT2D eigenvalue weighted by molar-refractivity contribution is -0.384. The van der Waals surface area contributed by atoms with Gasteiger partial charge in [0.05, 0.1) is 16.4 Å². The number of non-ortho nitro benzene ring substituents is 1. The van der Waals surface area contributed by atoms with Crippen LogP contribution in [0.25, 0.3) is 0 Å². The molecule has 2 rings (SSSR count). The van der Waals surface area contributed by atoms with Crippen LogP contribution in [0.1, 0.15) is 29.0 Å². The second-order valence-electron chi connectivity index (χ2n) is 4.62. The maximum absolute atomic E-state index is 10.6. The summed E-state index contributed by atoms with van der Waals surface area (Å²) >= 11 is 12.1. The first-order chi connectivity index (χ1) is 9.97. The molecule has 0 aliphatic heterocycles. The topological polar surface area (TPSA) is 63.4 Å². The molecular weight excluding hydrogens is 313 g/mol. The summed E-state index contributed by atoms with van der Waals surface area (Å²) in [5.41, 5.74) is 1.45. The minimum Gasteiger partial charge on any atom is -0.388 e. The van der Waals surface area contributed by atoms with E-state index in [9.17, 15) is 15.2 Å². The highest BCUT2D eigenvalue weighted by Gasteiger charge is 2.16. The second kappa shape index (κ2) is 6.89. The van der Waals surface area contributed by atoms with Crippen molar-refractivity contribution in [2.45, 2.75) is 17.9 Å². The number of hydrogen-bond donors (Lipinski definition) is 1. The van der Waals surface area contributed by atoms with E-state index in [0.29, 0.717) is 17.0 Å². The van der Waals surface area contributed by atoms with Gasteiger partial charge in [0.25, 0.3) is 5.69 Å². The lowest BCUT2D eigenvalue weighted by Crippen LogP contribution is -2.02. The van der Waals surface area contributed by atoms with Crippen molar-refractivity contribution >= 4 is 28.9 Å². The molecule has 0 bridgehead atoms. The van der Waals surface area contributed by atoms with E-state index >= 15 is 0 Å². The minimum atomic E-state index is -0.788. The standard InChI is InChI=1S/C15H13Cl2NO3/c16-12-5-1-10(2-6-12)14(17)9-15(19)11-3-7-13(8-4-11)18(20)21/h1-8,14-15,19H,9H2/t14-,15-/m1/s1. The summed E-state index contributed by atoms with van der Waals surface area (Å²) in [5.74, 6) is 0. The van der Waals surface area contributed by atoms with Crippen LogP contribution in [0, 0.1) is 10.1 Å². The van der Waals surface area contributed by atoms with E-state index in [4.69, 9.17) is 23.2 Å². The molecular formula is C15H13Cl2NO3. The molecule has 0 aromatic heterocycles. The van der Waals surface area contributed by atoms with Gasteiger partial charge in [-0.05, 0) is 41.8 Å². The first kappa shape index (κ1) is 15.8. The second-order valence-corrected chi connectivity index (χ2v) is 5.58. The zero-order valence-corrected chi connectivity index (χ0v) is 12.5. The number of aliphatic hydroxyl groups is 1. The Kier molecular flexibility index (Phi) is 5.17. The van der Waals surface area contributed by atoms with Gasteiger partial charge in [-0.3, -0.25) is 10.1 Å². The van der Waals surface area contributed by atoms with Crippen molar-refractivity contribution in [2.24, 2.45) is 0 Å². The molecule has 0 spiro atoms. The van der Waals surface area contributed by atoms with Gasteiger partial charge in [-0.1, -0.05) is 23.7 Å². The molecule has 0 saturated carbocycles. The van der Waals surface area contributed by atoms with Crippen LogP contribution < -0.4 is 0 Å². The first-order valence-corrected chi connectivity index (χ1v) is 7.11. The number of nitro benzene ring substituents is 1. The largest absolute Gasteiger partial charge is 0.388 e. The normalized spacial score (nSPS) is 13.7. The van der Waals surface area contributed by atoms with Gasteiger partial charge in [0.1, 0.15) is 0 Å². The zero-order valence-electron chi connectivity index (χ0n) is 10.9. The number of hydrogen-bond acceptors (Lipinski definition) is 3. The average molecular weight is 326 g/mol. The molecule has 4 nitrogen and oxygen atoms in total. The Hall–Kier alpha value is -1.62. The lowest BCUT2D eigenvalue weighted by Gasteiger charge is -2.15. The molecule has 2 atom stereocenters. The van der Waals surface area contributed by atoms with Gasteiger partial charge in [-0.2, -0.15) is 0 Å². The van der Waals surface area contributed by atoms with Crippen LogP contribution in [0.2, 0.25) is 5.02 Å². The molecule has 0 radical (unpaired) electrons. The Morgan fingerprint density at radius 3 is 2.10 bits per heavy atom. The van der Waals surface area contributed by atoms with Crippen LogP contribution in [-0.4, -0.2) is 10.0 Å². The van der Waals surface area contributed by atoms with Crippen molar-refractivity contribution in [3.63, 3.8) is 0 Å². The molecule has 2 aromatic carbocycles. The highest BCUT2D eigenvalue weighted by Crippen LogP contribution is 2.32. The molecule has 0 unspecified atom stereocenters. The highest BCUT2D eigenvalue weighted by molar-refractivity contribution is 6.30. The van der Waals surface area contributed by atoms with Crippen LogP contribution in [0.4, 0.5) is 5.69 Å². The van der Waals surface area contributed by atoms with Crippen molar-refractivity contribution in [1.82, 2.24) is 0 Å². The van der Waals surface area contributed by atoms with Crippen LogP contribution >= 0.6 is 23.2 Å². The summed E-state index contributed by atoms with van der Waals surface area (Å²) in [5, 5.41) is 21.0. The van der Waals surface area contributed by atoms with Crippen LogP contribution in [0.3, 0.4) is 0 Å². The molecule has 21 heavy (non-hydrogen) atoms. The molecule has 0 fully saturated rings. The highest BCUT2D eigenvalue weighted by atomic mass is 35.5. The molecule has 0 amide bonds. The Bertz CT molecular complexity index is 614. The molecule has 0 aliphatic carbocycles. The van der Waals surface area contributed by atoms with E-state index in [2.05, 4.69) is 0 Å². The number of rotatable bonds is 5. The van der Waals surface area contributed by atoms with Crippen LogP contribution in [-0.2, 0) is 0 Å². The summed E-state index contributed by atoms with van der Waals surface area (Å²) in [6.07, 6.45) is -0.481. The Balaban J connectivity index is 2.04. The Morgan fingerprint density at radius 2 is 1.57 bits per heavy atom. The number of nitrogens with zero attached hydrogens (tertiary/aromatic N) is 1. The third kappa shape index (κ3) is 4.17. The third-order valence-electron chi connectivity index (χ3n) is 3.15. The van der Waals surface area contributed by atoms with Gasteiger partial charge in [-0.15, -0.1) is 11.6 Å². The van der Waals surface area contributed by atoms with Crippen molar-refractivity contribution in [3.05, 3.63) is 74.8 Å². The van der Waals surface area contributed by atoms with Crippen LogP contribution in [0.15, 0.2) is 48.5 Å². The van der Waals surface area contributed by atoms with E-state index in [-0.39, 0.29) is 11.1 Å². The van der Waals surface area contributed by atoms with E-state index in [0.717, 1.165) is 5.56 Å². The number of alkyl halides is 1. The van der Waals surface area contributed by atoms with E-state index in [1.54, 1.807) is 12.1 Å². The maximum Gasteiger partial charge on any atom is 0.269 e. The van der Waals surface area contributed by atoms with Crippen molar-refractivity contribution in [3.8, 4) is 0 Å². The summed E-state index contributed by atoms with van der Waals surface area (Å²) in [6, 6.07) is 12.9. The molecule has 0 heterocycles. The lowest BCUT2D eigenvalue weighted by atomic mass is 10.0. The molecule has 0 aliphatic rings. The SMILES string of the molecule is O=[N+]([O-])c1ccc([C@H](O)C[C@@H](Cl)c2ccc(Cl)cc2)cc1. The van der Waals surface area contributed by atoms with Gasteiger partial charge >= 0.3 is 0 Å². The fraction of sp³-hybridized carbons (Fsp3) is 0.200. The van der Waals surface area contributed by atoms with E-state index < -0.39 is 11.0 Å². The quantitative estimate of drug-likeness (QED) is 0.494. The zero-order chi connectivity index (χ0) is 15.4. The monoisotopic (exact) mass is 325 g/mol. The summed E-state index contributed by atoms with van der Waals surface area (Å²) in [4.78, 5) is 10.1. The van der Waals surface area contributed by atoms with Gasteiger partial charge in [-0.25, -0.2) is 0 Å². The summed E-state index contributed by atoms with van der Waals surface area (Å²) in [7, 11) is 0. The molecule has 0 saturated heterocycles. The Morgan fingerprint density at radius 1 is 1.05 bits per heavy atom. The summed E-state index contributed by atoms with van der Waals surface area (Å²) < 4.78 is 0. The molecule has 2 aromatic rings. The fourth-order valence-corrected chi connectivity index (χ4v) is 2.40. The number of halogens is 2. The number of aliphatic hydroxyl groups excluding tert-OH is 1. The molecule has 1 N–H and O–H groups in total. The van der Waals surface area contributed by atoms with E-state index in [1.165, 1.54) is 24.3 Å². The van der Waals surface area contributed by atoms with Gasteiger partial charge < -0.3 is 5.11 Å². The average Bonchev–Trinajstić information content (AvgIpc) is 2.47. The van der Waals surface area contributed by atoms with Gasteiger partial charge in [0.15, 0.2) is 0 Å². The first-order valence-electron chi connectivity index (χ1n) is 6.29. The van der Waals surface area contributed by atoms with Crippen LogP contribution in [0.5, 0.6) is 0 Å². The minimum absolute atomic E-state index is 0.00826. The predicted molar refractivity (Wildman–Crippen MR) is 82.7 cm³/mol. The number of nitro groups is 1. The summed E-state index contributed by atoms with van der Waals surface area (Å²) in [6.45, 7) is 0.